The van der Waals surface area contributed by atoms with E-state index < -0.39 is 10.8 Å². The molecule has 3 rings (SSSR count). The molecule has 1 aliphatic carbocycles. The smallest absolute Gasteiger partial charge is 0.0629 e. The van der Waals surface area contributed by atoms with Crippen molar-refractivity contribution in [1.82, 2.24) is 5.32 Å². The lowest BCUT2D eigenvalue weighted by molar-refractivity contribution is 0.581. The van der Waals surface area contributed by atoms with Gasteiger partial charge in [-0.05, 0) is 48.9 Å². The maximum atomic E-state index is 12.9. The molecule has 0 bridgehead atoms. The van der Waals surface area contributed by atoms with Gasteiger partial charge in [-0.1, -0.05) is 40.2 Å². The van der Waals surface area contributed by atoms with Crippen LogP contribution < -0.4 is 5.32 Å². The van der Waals surface area contributed by atoms with Crippen molar-refractivity contribution in [2.45, 2.75) is 22.6 Å². The van der Waals surface area contributed by atoms with Gasteiger partial charge in [0.05, 0.1) is 16.0 Å². The Balaban J connectivity index is 1.92. The number of halogens is 1. The van der Waals surface area contributed by atoms with Gasteiger partial charge in [0.25, 0.3) is 0 Å². The van der Waals surface area contributed by atoms with Crippen molar-refractivity contribution in [3.8, 4) is 0 Å². The van der Waals surface area contributed by atoms with Gasteiger partial charge in [0, 0.05) is 15.4 Å². The first-order valence-electron chi connectivity index (χ1n) is 6.62. The first-order chi connectivity index (χ1) is 9.70. The third-order valence-electron chi connectivity index (χ3n) is 3.81. The molecule has 104 valence electrons. The molecular weight excluding hydrogens is 334 g/mol. The number of nitrogens with one attached hydrogen (secondary N) is 1. The summed E-state index contributed by atoms with van der Waals surface area (Å²) in [5.41, 5.74) is 2.59. The Hall–Kier alpha value is -0.970. The first-order valence-corrected chi connectivity index (χ1v) is 8.62. The first kappa shape index (κ1) is 14.0. The van der Waals surface area contributed by atoms with Crippen molar-refractivity contribution in [2.24, 2.45) is 0 Å². The SMILES string of the molecule is CNC1c2ccccc2CC1S(=O)c1ccc(Br)cc1. The fraction of sp³-hybridized carbons (Fsp3) is 0.250. The van der Waals surface area contributed by atoms with E-state index in [1.807, 2.05) is 37.4 Å². The summed E-state index contributed by atoms with van der Waals surface area (Å²) in [7, 11) is 0.936. The zero-order valence-electron chi connectivity index (χ0n) is 11.2. The van der Waals surface area contributed by atoms with Crippen LogP contribution in [0.15, 0.2) is 57.9 Å². The maximum absolute atomic E-state index is 12.9. The Kier molecular flexibility index (Phi) is 4.06. The average Bonchev–Trinajstić information content (AvgIpc) is 2.85. The van der Waals surface area contributed by atoms with E-state index >= 15 is 0 Å². The molecule has 3 unspecified atom stereocenters. The summed E-state index contributed by atoms with van der Waals surface area (Å²) in [6.45, 7) is 0. The molecule has 0 spiro atoms. The van der Waals surface area contributed by atoms with Gasteiger partial charge < -0.3 is 5.32 Å². The summed E-state index contributed by atoms with van der Waals surface area (Å²) in [5, 5.41) is 3.43. The molecule has 2 aromatic rings. The third kappa shape index (κ3) is 2.48. The minimum absolute atomic E-state index is 0.0959. The molecule has 2 nitrogen and oxygen atoms in total. The van der Waals surface area contributed by atoms with Gasteiger partial charge in [0.15, 0.2) is 0 Å². The molecule has 1 N–H and O–H groups in total. The molecule has 3 atom stereocenters. The van der Waals surface area contributed by atoms with Crippen molar-refractivity contribution in [2.75, 3.05) is 7.05 Å². The molecule has 0 aromatic heterocycles. The molecule has 20 heavy (non-hydrogen) atoms. The van der Waals surface area contributed by atoms with Crippen LogP contribution in [-0.4, -0.2) is 16.5 Å². The van der Waals surface area contributed by atoms with Crippen LogP contribution >= 0.6 is 15.9 Å². The van der Waals surface area contributed by atoms with Crippen LogP contribution in [-0.2, 0) is 17.2 Å². The number of rotatable bonds is 3. The highest BCUT2D eigenvalue weighted by molar-refractivity contribution is 9.10. The molecule has 0 radical (unpaired) electrons. The fourth-order valence-electron chi connectivity index (χ4n) is 2.84. The van der Waals surface area contributed by atoms with Gasteiger partial charge in [-0.25, -0.2) is 0 Å². The van der Waals surface area contributed by atoms with Gasteiger partial charge >= 0.3 is 0 Å². The van der Waals surface area contributed by atoms with Gasteiger partial charge in [-0.2, -0.15) is 0 Å². The Labute approximate surface area is 130 Å². The summed E-state index contributed by atoms with van der Waals surface area (Å²) < 4.78 is 13.9. The van der Waals surface area contributed by atoms with Crippen LogP contribution in [0.2, 0.25) is 0 Å². The summed E-state index contributed by atoms with van der Waals surface area (Å²) >= 11 is 3.42. The van der Waals surface area contributed by atoms with Crippen molar-refractivity contribution in [1.29, 1.82) is 0 Å². The highest BCUT2D eigenvalue weighted by Crippen LogP contribution is 2.36. The van der Waals surface area contributed by atoms with Crippen molar-refractivity contribution >= 4 is 26.7 Å². The van der Waals surface area contributed by atoms with E-state index in [-0.39, 0.29) is 11.3 Å². The number of hydrogen-bond donors (Lipinski definition) is 1. The summed E-state index contributed by atoms with van der Waals surface area (Å²) in [6, 6.07) is 16.3. The Bertz CT molecular complexity index is 641. The Morgan fingerprint density at radius 1 is 1.15 bits per heavy atom. The lowest BCUT2D eigenvalue weighted by Crippen LogP contribution is -2.29. The van der Waals surface area contributed by atoms with E-state index in [9.17, 15) is 4.21 Å². The second-order valence-corrected chi connectivity index (χ2v) is 7.55. The van der Waals surface area contributed by atoms with E-state index in [4.69, 9.17) is 0 Å². The van der Waals surface area contributed by atoms with Crippen molar-refractivity contribution in [3.63, 3.8) is 0 Å². The molecule has 4 heteroatoms. The molecule has 1 aliphatic rings. The molecule has 0 saturated heterocycles. The van der Waals surface area contributed by atoms with Gasteiger partial charge in [-0.15, -0.1) is 0 Å². The Morgan fingerprint density at radius 2 is 1.85 bits per heavy atom. The molecular formula is C16H16BrNOS. The molecule has 0 heterocycles. The average molecular weight is 350 g/mol. The van der Waals surface area contributed by atoms with E-state index in [2.05, 4.69) is 39.4 Å². The number of hydrogen-bond acceptors (Lipinski definition) is 2. The predicted octanol–water partition coefficient (Wildman–Crippen LogP) is 3.44. The van der Waals surface area contributed by atoms with Crippen LogP contribution in [0.25, 0.3) is 0 Å². The minimum atomic E-state index is -1.01. The lowest BCUT2D eigenvalue weighted by Gasteiger charge is -2.19. The van der Waals surface area contributed by atoms with E-state index in [1.165, 1.54) is 11.1 Å². The van der Waals surface area contributed by atoms with Crippen LogP contribution in [0.1, 0.15) is 17.2 Å². The second kappa shape index (κ2) is 5.80. The molecule has 0 aliphatic heterocycles. The maximum Gasteiger partial charge on any atom is 0.0629 e. The zero-order chi connectivity index (χ0) is 14.1. The van der Waals surface area contributed by atoms with Crippen LogP contribution in [0.3, 0.4) is 0 Å². The highest BCUT2D eigenvalue weighted by atomic mass is 79.9. The fourth-order valence-corrected chi connectivity index (χ4v) is 4.72. The standard InChI is InChI=1S/C16H16BrNOS/c1-18-16-14-5-3-2-4-11(14)10-15(16)20(19)13-8-6-12(17)7-9-13/h2-9,15-16,18H,10H2,1H3. The van der Waals surface area contributed by atoms with Crippen molar-refractivity contribution < 1.29 is 4.21 Å². The summed E-state index contributed by atoms with van der Waals surface area (Å²) in [5.74, 6) is 0. The summed E-state index contributed by atoms with van der Waals surface area (Å²) in [6.07, 6.45) is 0.865. The van der Waals surface area contributed by atoms with Gasteiger partial charge in [0.2, 0.25) is 0 Å². The van der Waals surface area contributed by atoms with Crippen LogP contribution in [0, 0.1) is 0 Å². The van der Waals surface area contributed by atoms with Gasteiger partial charge in [0.1, 0.15) is 0 Å². The third-order valence-corrected chi connectivity index (χ3v) is 6.07. The molecule has 0 fully saturated rings. The predicted molar refractivity (Wildman–Crippen MR) is 86.3 cm³/mol. The van der Waals surface area contributed by atoms with E-state index in [0.717, 1.165) is 15.8 Å². The zero-order valence-corrected chi connectivity index (χ0v) is 13.6. The topological polar surface area (TPSA) is 29.1 Å². The quantitative estimate of drug-likeness (QED) is 0.919. The minimum Gasteiger partial charge on any atom is -0.312 e. The van der Waals surface area contributed by atoms with E-state index in [0.29, 0.717) is 0 Å². The van der Waals surface area contributed by atoms with Gasteiger partial charge in [-0.3, -0.25) is 4.21 Å². The molecule has 0 saturated carbocycles. The van der Waals surface area contributed by atoms with Crippen LogP contribution in [0.5, 0.6) is 0 Å². The largest absolute Gasteiger partial charge is 0.312 e. The second-order valence-electron chi connectivity index (χ2n) is 4.96. The Morgan fingerprint density at radius 3 is 2.55 bits per heavy atom. The van der Waals surface area contributed by atoms with Crippen molar-refractivity contribution in [3.05, 3.63) is 64.1 Å². The normalized spacial score (nSPS) is 22.5. The number of fused-ring (bicyclic) bond motifs is 1. The molecule has 0 amide bonds. The number of benzene rings is 2. The molecule has 2 aromatic carbocycles. The lowest BCUT2D eigenvalue weighted by atomic mass is 10.1. The summed E-state index contributed by atoms with van der Waals surface area (Å²) in [4.78, 5) is 0.895. The highest BCUT2D eigenvalue weighted by Gasteiger charge is 2.35. The van der Waals surface area contributed by atoms with Crippen LogP contribution in [0.4, 0.5) is 0 Å². The monoisotopic (exact) mass is 349 g/mol. The van der Waals surface area contributed by atoms with E-state index in [1.54, 1.807) is 0 Å².